The van der Waals surface area contributed by atoms with Crippen molar-refractivity contribution in [3.05, 3.63) is 67.3 Å². The van der Waals surface area contributed by atoms with Crippen molar-refractivity contribution in [2.24, 2.45) is 0 Å². The van der Waals surface area contributed by atoms with Crippen LogP contribution in [0.3, 0.4) is 0 Å². The van der Waals surface area contributed by atoms with Crippen LogP contribution in [0.5, 0.6) is 5.75 Å². The second-order valence-corrected chi connectivity index (χ2v) is 5.60. The molecule has 0 saturated carbocycles. The van der Waals surface area contributed by atoms with Crippen molar-refractivity contribution in [1.82, 2.24) is 19.5 Å². The van der Waals surface area contributed by atoms with Gasteiger partial charge in [-0.15, -0.1) is 0 Å². The first-order valence-corrected chi connectivity index (χ1v) is 8.03. The van der Waals surface area contributed by atoms with E-state index < -0.39 is 0 Å². The van der Waals surface area contributed by atoms with Crippen LogP contribution in [0.4, 0.5) is 0 Å². The highest BCUT2D eigenvalue weighted by Gasteiger charge is 2.10. The van der Waals surface area contributed by atoms with Crippen LogP contribution in [0.1, 0.15) is 6.42 Å². The number of imidazole rings is 2. The number of H-pyrrole nitrogens is 1. The first kappa shape index (κ1) is 14.5. The van der Waals surface area contributed by atoms with E-state index in [0.717, 1.165) is 41.1 Å². The van der Waals surface area contributed by atoms with Crippen molar-refractivity contribution in [3.8, 4) is 17.1 Å². The molecule has 2 aromatic heterocycles. The number of nitrogens with one attached hydrogen (secondary N) is 1. The molecule has 0 fully saturated rings. The molecule has 0 spiro atoms. The molecular formula is C19H18N4O. The summed E-state index contributed by atoms with van der Waals surface area (Å²) in [5, 5.41) is 0. The molecule has 2 heterocycles. The fourth-order valence-corrected chi connectivity index (χ4v) is 2.72. The number of aromatic amines is 1. The summed E-state index contributed by atoms with van der Waals surface area (Å²) < 4.78 is 8.04. The van der Waals surface area contributed by atoms with Gasteiger partial charge in [0.1, 0.15) is 11.6 Å². The minimum atomic E-state index is 0.648. The van der Waals surface area contributed by atoms with Crippen molar-refractivity contribution in [2.45, 2.75) is 13.0 Å². The minimum Gasteiger partial charge on any atom is -0.493 e. The third kappa shape index (κ3) is 3.01. The number of aryl methyl sites for hydroxylation is 1. The van der Waals surface area contributed by atoms with E-state index in [1.54, 1.807) is 6.20 Å². The lowest BCUT2D eigenvalue weighted by molar-refractivity contribution is 0.303. The van der Waals surface area contributed by atoms with E-state index in [-0.39, 0.29) is 0 Å². The number of benzene rings is 2. The van der Waals surface area contributed by atoms with Crippen LogP contribution < -0.4 is 4.74 Å². The summed E-state index contributed by atoms with van der Waals surface area (Å²) in [6.45, 7) is 1.54. The van der Waals surface area contributed by atoms with E-state index in [9.17, 15) is 0 Å². The van der Waals surface area contributed by atoms with Gasteiger partial charge in [0.2, 0.25) is 0 Å². The van der Waals surface area contributed by atoms with Crippen LogP contribution in [0.2, 0.25) is 0 Å². The fraction of sp³-hybridized carbons (Fsp3) is 0.158. The number of para-hydroxylation sites is 3. The Bertz CT molecular complexity index is 894. The predicted molar refractivity (Wildman–Crippen MR) is 93.9 cm³/mol. The number of rotatable bonds is 6. The number of nitrogens with zero attached hydrogens (tertiary/aromatic N) is 3. The first-order valence-electron chi connectivity index (χ1n) is 8.03. The maximum atomic E-state index is 5.99. The van der Waals surface area contributed by atoms with E-state index in [4.69, 9.17) is 4.74 Å². The first-order chi connectivity index (χ1) is 11.9. The highest BCUT2D eigenvalue weighted by atomic mass is 16.5. The SMILES string of the molecule is c1ccc(-c2nc3ccccc3[nH]2)c(OCCCn2ccnc2)c1. The van der Waals surface area contributed by atoms with E-state index in [1.807, 2.05) is 61.1 Å². The van der Waals surface area contributed by atoms with Gasteiger partial charge >= 0.3 is 0 Å². The van der Waals surface area contributed by atoms with E-state index in [2.05, 4.69) is 19.5 Å². The summed E-state index contributed by atoms with van der Waals surface area (Å²) in [6.07, 6.45) is 6.49. The maximum Gasteiger partial charge on any atom is 0.142 e. The van der Waals surface area contributed by atoms with Gasteiger partial charge in [-0.2, -0.15) is 0 Å². The molecule has 0 aliphatic carbocycles. The van der Waals surface area contributed by atoms with Crippen LogP contribution >= 0.6 is 0 Å². The molecule has 5 heteroatoms. The van der Waals surface area contributed by atoms with Gasteiger partial charge in [0.05, 0.1) is 29.5 Å². The summed E-state index contributed by atoms with van der Waals surface area (Å²) >= 11 is 0. The summed E-state index contributed by atoms with van der Waals surface area (Å²) in [6, 6.07) is 16.0. The summed E-state index contributed by atoms with van der Waals surface area (Å²) in [7, 11) is 0. The molecule has 1 N–H and O–H groups in total. The Morgan fingerprint density at radius 1 is 1.04 bits per heavy atom. The summed E-state index contributed by atoms with van der Waals surface area (Å²) in [5.41, 5.74) is 2.97. The zero-order chi connectivity index (χ0) is 16.2. The van der Waals surface area contributed by atoms with Gasteiger partial charge in [0, 0.05) is 18.9 Å². The molecule has 24 heavy (non-hydrogen) atoms. The van der Waals surface area contributed by atoms with Crippen LogP contribution in [0.25, 0.3) is 22.4 Å². The molecule has 2 aromatic carbocycles. The quantitative estimate of drug-likeness (QED) is 0.549. The average Bonchev–Trinajstić information content (AvgIpc) is 3.28. The van der Waals surface area contributed by atoms with Gasteiger partial charge in [-0.1, -0.05) is 24.3 Å². The number of fused-ring (bicyclic) bond motifs is 1. The van der Waals surface area contributed by atoms with Crippen molar-refractivity contribution in [3.63, 3.8) is 0 Å². The lowest BCUT2D eigenvalue weighted by Crippen LogP contribution is -2.04. The van der Waals surface area contributed by atoms with Crippen molar-refractivity contribution in [1.29, 1.82) is 0 Å². The molecular weight excluding hydrogens is 300 g/mol. The lowest BCUT2D eigenvalue weighted by atomic mass is 10.2. The van der Waals surface area contributed by atoms with Crippen LogP contribution in [0, 0.1) is 0 Å². The maximum absolute atomic E-state index is 5.99. The molecule has 0 saturated heterocycles. The molecule has 0 bridgehead atoms. The normalized spacial score (nSPS) is 11.0. The topological polar surface area (TPSA) is 55.7 Å². The molecule has 0 aliphatic heterocycles. The summed E-state index contributed by atoms with van der Waals surface area (Å²) in [5.74, 6) is 1.68. The van der Waals surface area contributed by atoms with E-state index in [1.165, 1.54) is 0 Å². The predicted octanol–water partition coefficient (Wildman–Crippen LogP) is 3.90. The number of ether oxygens (including phenoxy) is 1. The monoisotopic (exact) mass is 318 g/mol. The molecule has 120 valence electrons. The number of hydrogen-bond acceptors (Lipinski definition) is 3. The molecule has 0 atom stereocenters. The van der Waals surface area contributed by atoms with Gasteiger partial charge in [-0.25, -0.2) is 9.97 Å². The molecule has 5 nitrogen and oxygen atoms in total. The molecule has 0 unspecified atom stereocenters. The van der Waals surface area contributed by atoms with Gasteiger partial charge in [-0.3, -0.25) is 0 Å². The van der Waals surface area contributed by atoms with E-state index in [0.29, 0.717) is 6.61 Å². The Morgan fingerprint density at radius 3 is 2.79 bits per heavy atom. The van der Waals surface area contributed by atoms with Gasteiger partial charge in [0.15, 0.2) is 0 Å². The number of hydrogen-bond donors (Lipinski definition) is 1. The van der Waals surface area contributed by atoms with Crippen LogP contribution in [-0.2, 0) is 6.54 Å². The van der Waals surface area contributed by atoms with Gasteiger partial charge in [-0.05, 0) is 30.7 Å². The highest BCUT2D eigenvalue weighted by Crippen LogP contribution is 2.29. The van der Waals surface area contributed by atoms with Gasteiger partial charge in [0.25, 0.3) is 0 Å². The standard InChI is InChI=1S/C19H18N4O/c1-4-9-18(24-13-5-11-23-12-10-20-14-23)15(6-1)19-21-16-7-2-3-8-17(16)22-19/h1-4,6-10,12,14H,5,11,13H2,(H,21,22). The average molecular weight is 318 g/mol. The molecule has 4 aromatic rings. The van der Waals surface area contributed by atoms with Crippen LogP contribution in [0.15, 0.2) is 67.3 Å². The van der Waals surface area contributed by atoms with Crippen molar-refractivity contribution in [2.75, 3.05) is 6.61 Å². The highest BCUT2D eigenvalue weighted by molar-refractivity contribution is 5.80. The largest absolute Gasteiger partial charge is 0.493 e. The fourth-order valence-electron chi connectivity index (χ4n) is 2.72. The lowest BCUT2D eigenvalue weighted by Gasteiger charge is -2.10. The smallest absolute Gasteiger partial charge is 0.142 e. The Labute approximate surface area is 140 Å². The van der Waals surface area contributed by atoms with Gasteiger partial charge < -0.3 is 14.3 Å². The number of aromatic nitrogens is 4. The van der Waals surface area contributed by atoms with Crippen molar-refractivity contribution < 1.29 is 4.74 Å². The Balaban J connectivity index is 1.49. The van der Waals surface area contributed by atoms with Crippen molar-refractivity contribution >= 4 is 11.0 Å². The second kappa shape index (κ2) is 6.58. The zero-order valence-corrected chi connectivity index (χ0v) is 13.2. The Hall–Kier alpha value is -3.08. The summed E-state index contributed by atoms with van der Waals surface area (Å²) in [4.78, 5) is 12.1. The molecule has 0 aliphatic rings. The van der Waals surface area contributed by atoms with Crippen LogP contribution in [-0.4, -0.2) is 26.1 Å². The second-order valence-electron chi connectivity index (χ2n) is 5.60. The molecule has 0 radical (unpaired) electrons. The minimum absolute atomic E-state index is 0.648. The zero-order valence-electron chi connectivity index (χ0n) is 13.2. The Kier molecular flexibility index (Phi) is 3.98. The molecule has 0 amide bonds. The third-order valence-corrected chi connectivity index (χ3v) is 3.91. The third-order valence-electron chi connectivity index (χ3n) is 3.91. The Morgan fingerprint density at radius 2 is 1.92 bits per heavy atom. The van der Waals surface area contributed by atoms with E-state index >= 15 is 0 Å². The molecule has 4 rings (SSSR count).